The zero-order valence-electron chi connectivity index (χ0n) is 10.1. The van der Waals surface area contributed by atoms with E-state index in [1.54, 1.807) is 25.1 Å². The maximum Gasteiger partial charge on any atom is 0.337 e. The SMILES string of the molecule is CNC(=O)C(C)Nc1ccc(C)cc1C(=O)O. The number of rotatable bonds is 4. The van der Waals surface area contributed by atoms with Crippen LogP contribution in [0.2, 0.25) is 0 Å². The first-order valence-corrected chi connectivity index (χ1v) is 5.27. The van der Waals surface area contributed by atoms with Crippen LogP contribution in [0.25, 0.3) is 0 Å². The van der Waals surface area contributed by atoms with E-state index >= 15 is 0 Å². The maximum atomic E-state index is 11.3. The molecule has 1 atom stereocenters. The van der Waals surface area contributed by atoms with E-state index in [4.69, 9.17) is 5.11 Å². The van der Waals surface area contributed by atoms with Gasteiger partial charge in [-0.1, -0.05) is 11.6 Å². The number of carboxylic acid groups (broad SMARTS) is 1. The highest BCUT2D eigenvalue weighted by Gasteiger charge is 2.15. The van der Waals surface area contributed by atoms with Crippen LogP contribution in [0.15, 0.2) is 18.2 Å². The largest absolute Gasteiger partial charge is 0.478 e. The van der Waals surface area contributed by atoms with Gasteiger partial charge in [0.05, 0.1) is 5.56 Å². The number of aromatic carboxylic acids is 1. The minimum atomic E-state index is -1.01. The quantitative estimate of drug-likeness (QED) is 0.735. The van der Waals surface area contributed by atoms with Crippen molar-refractivity contribution in [1.82, 2.24) is 5.32 Å². The lowest BCUT2D eigenvalue weighted by Gasteiger charge is -2.15. The summed E-state index contributed by atoms with van der Waals surface area (Å²) < 4.78 is 0. The standard InChI is InChI=1S/C12H16N2O3/c1-7-4-5-10(9(6-7)12(16)17)14-8(2)11(15)13-3/h4-6,8,14H,1-3H3,(H,13,15)(H,16,17). The van der Waals surface area contributed by atoms with Gasteiger partial charge in [-0.15, -0.1) is 0 Å². The summed E-state index contributed by atoms with van der Waals surface area (Å²) in [5.74, 6) is -1.21. The van der Waals surface area contributed by atoms with Gasteiger partial charge in [0.2, 0.25) is 5.91 Å². The number of hydrogen-bond acceptors (Lipinski definition) is 3. The summed E-state index contributed by atoms with van der Waals surface area (Å²) in [4.78, 5) is 22.4. The Morgan fingerprint density at radius 3 is 2.53 bits per heavy atom. The summed E-state index contributed by atoms with van der Waals surface area (Å²) in [6, 6.07) is 4.55. The van der Waals surface area contributed by atoms with Gasteiger partial charge in [0.15, 0.2) is 0 Å². The average molecular weight is 236 g/mol. The highest BCUT2D eigenvalue weighted by Crippen LogP contribution is 2.18. The number of hydrogen-bond donors (Lipinski definition) is 3. The Bertz CT molecular complexity index is 443. The van der Waals surface area contributed by atoms with E-state index in [0.717, 1.165) is 5.56 Å². The molecule has 1 aromatic carbocycles. The van der Waals surface area contributed by atoms with Crippen molar-refractivity contribution in [2.24, 2.45) is 0 Å². The Labute approximate surface area is 99.8 Å². The van der Waals surface area contributed by atoms with E-state index in [1.807, 2.05) is 6.92 Å². The third-order valence-corrected chi connectivity index (χ3v) is 2.42. The first-order chi connectivity index (χ1) is 7.95. The fourth-order valence-corrected chi connectivity index (χ4v) is 1.48. The lowest BCUT2D eigenvalue weighted by atomic mass is 10.1. The molecule has 0 aliphatic heterocycles. The van der Waals surface area contributed by atoms with Crippen molar-refractivity contribution in [3.05, 3.63) is 29.3 Å². The molecular weight excluding hydrogens is 220 g/mol. The molecule has 17 heavy (non-hydrogen) atoms. The molecular formula is C12H16N2O3. The van der Waals surface area contributed by atoms with E-state index in [1.165, 1.54) is 7.05 Å². The first-order valence-electron chi connectivity index (χ1n) is 5.27. The van der Waals surface area contributed by atoms with Crippen LogP contribution in [0.4, 0.5) is 5.69 Å². The molecule has 0 heterocycles. The smallest absolute Gasteiger partial charge is 0.337 e. The predicted octanol–water partition coefficient (Wildman–Crippen LogP) is 1.24. The van der Waals surface area contributed by atoms with Gasteiger partial charge in [-0.3, -0.25) is 4.79 Å². The second kappa shape index (κ2) is 5.34. The number of amides is 1. The van der Waals surface area contributed by atoms with E-state index < -0.39 is 12.0 Å². The number of nitrogens with one attached hydrogen (secondary N) is 2. The van der Waals surface area contributed by atoms with Crippen LogP contribution in [-0.2, 0) is 4.79 Å². The lowest BCUT2D eigenvalue weighted by Crippen LogP contribution is -2.35. The average Bonchev–Trinajstić information content (AvgIpc) is 2.29. The molecule has 0 radical (unpaired) electrons. The number of aryl methyl sites for hydroxylation is 1. The minimum Gasteiger partial charge on any atom is -0.478 e. The highest BCUT2D eigenvalue weighted by atomic mass is 16.4. The van der Waals surface area contributed by atoms with Crippen LogP contribution in [0.3, 0.4) is 0 Å². The van der Waals surface area contributed by atoms with Crippen LogP contribution in [0, 0.1) is 6.92 Å². The zero-order chi connectivity index (χ0) is 13.0. The third kappa shape index (κ3) is 3.21. The van der Waals surface area contributed by atoms with Gasteiger partial charge >= 0.3 is 5.97 Å². The fraction of sp³-hybridized carbons (Fsp3) is 0.333. The van der Waals surface area contributed by atoms with Gasteiger partial charge in [-0.05, 0) is 26.0 Å². The van der Waals surface area contributed by atoms with Crippen LogP contribution in [-0.4, -0.2) is 30.1 Å². The van der Waals surface area contributed by atoms with Crippen LogP contribution in [0.1, 0.15) is 22.8 Å². The molecule has 5 heteroatoms. The van der Waals surface area contributed by atoms with Gasteiger partial charge < -0.3 is 15.7 Å². The fourth-order valence-electron chi connectivity index (χ4n) is 1.48. The predicted molar refractivity (Wildman–Crippen MR) is 65.3 cm³/mol. The van der Waals surface area contributed by atoms with Crippen LogP contribution >= 0.6 is 0 Å². The Morgan fingerprint density at radius 2 is 2.00 bits per heavy atom. The molecule has 0 spiro atoms. The summed E-state index contributed by atoms with van der Waals surface area (Å²) >= 11 is 0. The van der Waals surface area contributed by atoms with Gasteiger partial charge in [-0.2, -0.15) is 0 Å². The van der Waals surface area contributed by atoms with Crippen LogP contribution in [0.5, 0.6) is 0 Å². The zero-order valence-corrected chi connectivity index (χ0v) is 10.1. The molecule has 1 unspecified atom stereocenters. The monoisotopic (exact) mass is 236 g/mol. The highest BCUT2D eigenvalue weighted by molar-refractivity contribution is 5.95. The van der Waals surface area contributed by atoms with Crippen molar-refractivity contribution < 1.29 is 14.7 Å². The molecule has 0 bridgehead atoms. The molecule has 0 aliphatic carbocycles. The molecule has 92 valence electrons. The summed E-state index contributed by atoms with van der Waals surface area (Å²) in [6.45, 7) is 3.49. The van der Waals surface area contributed by atoms with Gasteiger partial charge in [0.25, 0.3) is 0 Å². The van der Waals surface area contributed by atoms with E-state index in [9.17, 15) is 9.59 Å². The van der Waals surface area contributed by atoms with Gasteiger partial charge in [-0.25, -0.2) is 4.79 Å². The van der Waals surface area contributed by atoms with Gasteiger partial charge in [0, 0.05) is 12.7 Å². The Hall–Kier alpha value is -2.04. The molecule has 0 saturated heterocycles. The molecule has 3 N–H and O–H groups in total. The van der Waals surface area contributed by atoms with E-state index in [0.29, 0.717) is 5.69 Å². The van der Waals surface area contributed by atoms with Crippen molar-refractivity contribution in [1.29, 1.82) is 0 Å². The molecule has 0 fully saturated rings. The topological polar surface area (TPSA) is 78.4 Å². The number of benzene rings is 1. The van der Waals surface area contributed by atoms with Crippen LogP contribution < -0.4 is 10.6 Å². The number of anilines is 1. The summed E-state index contributed by atoms with van der Waals surface area (Å²) in [5, 5.41) is 14.4. The molecule has 5 nitrogen and oxygen atoms in total. The molecule has 1 aromatic rings. The van der Waals surface area contributed by atoms with Crippen molar-refractivity contribution in [3.63, 3.8) is 0 Å². The van der Waals surface area contributed by atoms with E-state index in [2.05, 4.69) is 10.6 Å². The van der Waals surface area contributed by atoms with Crippen molar-refractivity contribution in [2.45, 2.75) is 19.9 Å². The first kappa shape index (κ1) is 13.0. The lowest BCUT2D eigenvalue weighted by molar-refractivity contribution is -0.121. The van der Waals surface area contributed by atoms with Crippen molar-refractivity contribution in [3.8, 4) is 0 Å². The molecule has 0 aliphatic rings. The summed E-state index contributed by atoms with van der Waals surface area (Å²) in [5.41, 5.74) is 1.47. The summed E-state index contributed by atoms with van der Waals surface area (Å²) in [6.07, 6.45) is 0. The third-order valence-electron chi connectivity index (χ3n) is 2.42. The summed E-state index contributed by atoms with van der Waals surface area (Å²) in [7, 11) is 1.54. The number of carbonyl (C=O) groups excluding carboxylic acids is 1. The Morgan fingerprint density at radius 1 is 1.35 bits per heavy atom. The Kier molecular flexibility index (Phi) is 4.09. The Balaban J connectivity index is 2.98. The second-order valence-electron chi connectivity index (χ2n) is 3.83. The molecule has 0 aromatic heterocycles. The molecule has 1 amide bonds. The molecule has 0 saturated carbocycles. The number of carboxylic acids is 1. The number of carbonyl (C=O) groups is 2. The van der Waals surface area contributed by atoms with E-state index in [-0.39, 0.29) is 11.5 Å². The normalized spacial score (nSPS) is 11.7. The second-order valence-corrected chi connectivity index (χ2v) is 3.83. The maximum absolute atomic E-state index is 11.3. The van der Waals surface area contributed by atoms with Gasteiger partial charge in [0.1, 0.15) is 6.04 Å². The minimum absolute atomic E-state index is 0.167. The molecule has 1 rings (SSSR count). The van der Waals surface area contributed by atoms with Crippen molar-refractivity contribution >= 4 is 17.6 Å². The number of likely N-dealkylation sites (N-methyl/N-ethyl adjacent to an activating group) is 1. The van der Waals surface area contributed by atoms with Crippen molar-refractivity contribution in [2.75, 3.05) is 12.4 Å².